The van der Waals surface area contributed by atoms with Gasteiger partial charge in [-0.15, -0.1) is 0 Å². The second-order valence-corrected chi connectivity index (χ2v) is 16.2. The fraction of sp³-hybridized carbons (Fsp3) is 0.364. The van der Waals surface area contributed by atoms with Crippen molar-refractivity contribution in [3.05, 3.63) is 99.6 Å². The maximum absolute atomic E-state index is 15.8. The Kier molecular flexibility index (Phi) is 7.92. The maximum atomic E-state index is 15.8. The molecule has 0 aromatic heterocycles. The second kappa shape index (κ2) is 11.6. The highest BCUT2D eigenvalue weighted by Gasteiger charge is 2.66. The lowest BCUT2D eigenvalue weighted by atomic mass is 9.82. The van der Waals surface area contributed by atoms with E-state index in [1.165, 1.54) is 22.0 Å². The minimum atomic E-state index is -3.40. The van der Waals surface area contributed by atoms with Gasteiger partial charge in [0.1, 0.15) is 0 Å². The smallest absolute Gasteiger partial charge is 0.269 e. The van der Waals surface area contributed by atoms with E-state index in [2.05, 4.69) is 5.10 Å². The van der Waals surface area contributed by atoms with Crippen molar-refractivity contribution in [2.75, 3.05) is 16.5 Å². The average molecular weight is 631 g/mol. The number of non-ortho nitro benzene ring substituents is 1. The predicted molar refractivity (Wildman–Crippen MR) is 170 cm³/mol. The number of hydrazone groups is 1. The Morgan fingerprint density at radius 1 is 1.09 bits per heavy atom. The zero-order valence-corrected chi connectivity index (χ0v) is 26.4. The van der Waals surface area contributed by atoms with Crippen LogP contribution in [-0.2, 0) is 26.5 Å². The number of anilines is 2. The summed E-state index contributed by atoms with van der Waals surface area (Å²) in [5.74, 6) is -1.15. The summed E-state index contributed by atoms with van der Waals surface area (Å²) in [6.45, 7) is 4.79. The molecule has 3 aromatic carbocycles. The monoisotopic (exact) mass is 630 g/mol. The van der Waals surface area contributed by atoms with Gasteiger partial charge >= 0.3 is 0 Å². The molecule has 1 saturated heterocycles. The molecule has 1 spiro atoms. The topological polar surface area (TPSA) is 126 Å². The third-order valence-electron chi connectivity index (χ3n) is 9.23. The largest absolute Gasteiger partial charge is 0.396 e. The summed E-state index contributed by atoms with van der Waals surface area (Å²) in [5, 5.41) is 27.5. The molecule has 3 aliphatic heterocycles. The highest BCUT2D eigenvalue weighted by molar-refractivity contribution is 6.72. The Morgan fingerprint density at radius 2 is 1.80 bits per heavy atom. The van der Waals surface area contributed by atoms with Crippen LogP contribution in [0.15, 0.2) is 77.9 Å². The van der Waals surface area contributed by atoms with Crippen LogP contribution in [0.4, 0.5) is 21.2 Å². The Labute approximate surface area is 261 Å². The first kappa shape index (κ1) is 30.7. The van der Waals surface area contributed by atoms with Gasteiger partial charge in [0.15, 0.2) is 5.60 Å². The lowest BCUT2D eigenvalue weighted by Gasteiger charge is -2.31. The number of aliphatic hydroxyl groups excluding tert-OH is 1. The van der Waals surface area contributed by atoms with Crippen LogP contribution < -0.4 is 9.91 Å². The Bertz CT molecular complexity index is 1680. The van der Waals surface area contributed by atoms with E-state index in [-0.39, 0.29) is 31.2 Å². The number of halogens is 1. The second-order valence-electron chi connectivity index (χ2n) is 12.4. The predicted octanol–water partition coefficient (Wildman–Crippen LogP) is 5.83. The molecule has 4 atom stereocenters. The van der Waals surface area contributed by atoms with Crippen molar-refractivity contribution in [2.45, 2.75) is 63.1 Å². The maximum Gasteiger partial charge on any atom is 0.269 e. The molecule has 1 fully saturated rings. The van der Waals surface area contributed by atoms with Gasteiger partial charge in [0, 0.05) is 48.6 Å². The standard InChI is InChI=1S/C33H35FN4O6Si/c1-21-31(45(2,3)34)29(17-18-39)44-33(21)26-19-25(38(42)43)13-15-28(26)36(32(33)41)20-22-9-11-24(12-10-22)37-30(40)16-14-27(35-37)23-7-5-4-6-8-23/h4-13,15,19,21,29,31,39H,14,16-18,20H2,1-3H3/t21-,29+,31-,33+/m0/s1. The van der Waals surface area contributed by atoms with Gasteiger partial charge in [-0.3, -0.25) is 19.7 Å². The molecule has 45 heavy (non-hydrogen) atoms. The minimum Gasteiger partial charge on any atom is -0.396 e. The average Bonchev–Trinajstić information content (AvgIpc) is 3.44. The summed E-state index contributed by atoms with van der Waals surface area (Å²) in [7, 11) is -3.40. The number of nitro groups is 1. The number of rotatable bonds is 8. The lowest BCUT2D eigenvalue weighted by Crippen LogP contribution is -2.45. The lowest BCUT2D eigenvalue weighted by molar-refractivity contribution is -0.385. The van der Waals surface area contributed by atoms with Crippen molar-refractivity contribution >= 4 is 43.0 Å². The van der Waals surface area contributed by atoms with E-state index < -0.39 is 42.4 Å². The molecule has 3 heterocycles. The van der Waals surface area contributed by atoms with E-state index in [0.29, 0.717) is 29.8 Å². The van der Waals surface area contributed by atoms with Gasteiger partial charge in [-0.25, -0.2) is 5.01 Å². The van der Waals surface area contributed by atoms with Crippen LogP contribution in [0.3, 0.4) is 0 Å². The number of benzene rings is 3. The molecule has 0 saturated carbocycles. The van der Waals surface area contributed by atoms with Crippen molar-refractivity contribution in [2.24, 2.45) is 11.0 Å². The van der Waals surface area contributed by atoms with E-state index in [4.69, 9.17) is 4.74 Å². The number of hydrogen-bond acceptors (Lipinski definition) is 7. The number of ether oxygens (including phenoxy) is 1. The molecule has 234 valence electrons. The summed E-state index contributed by atoms with van der Waals surface area (Å²) in [6.07, 6.45) is 0.323. The van der Waals surface area contributed by atoms with Crippen LogP contribution in [0.5, 0.6) is 0 Å². The highest BCUT2D eigenvalue weighted by atomic mass is 28.4. The number of fused-ring (bicyclic) bond motifs is 2. The molecule has 10 nitrogen and oxygen atoms in total. The summed E-state index contributed by atoms with van der Waals surface area (Å²) < 4.78 is 22.2. The fourth-order valence-electron chi connectivity index (χ4n) is 7.22. The minimum absolute atomic E-state index is 0.117. The van der Waals surface area contributed by atoms with Crippen LogP contribution in [0.2, 0.25) is 18.6 Å². The van der Waals surface area contributed by atoms with Crippen molar-refractivity contribution in [1.82, 2.24) is 0 Å². The van der Waals surface area contributed by atoms with Gasteiger partial charge in [0.25, 0.3) is 11.6 Å². The van der Waals surface area contributed by atoms with Gasteiger partial charge in [0.2, 0.25) is 14.3 Å². The van der Waals surface area contributed by atoms with Crippen LogP contribution in [0.25, 0.3) is 0 Å². The van der Waals surface area contributed by atoms with E-state index >= 15 is 4.11 Å². The number of nitro benzene ring substituents is 1. The number of amides is 2. The molecule has 12 heteroatoms. The highest BCUT2D eigenvalue weighted by Crippen LogP contribution is 2.60. The quantitative estimate of drug-likeness (QED) is 0.145. The van der Waals surface area contributed by atoms with Crippen molar-refractivity contribution in [3.63, 3.8) is 0 Å². The summed E-state index contributed by atoms with van der Waals surface area (Å²) in [4.78, 5) is 40.0. The molecule has 0 unspecified atom stereocenters. The van der Waals surface area contributed by atoms with Gasteiger partial charge < -0.3 is 18.9 Å². The first-order chi connectivity index (χ1) is 21.5. The molecule has 0 radical (unpaired) electrons. The van der Waals surface area contributed by atoms with Gasteiger partial charge in [-0.2, -0.15) is 5.10 Å². The fourth-order valence-corrected chi connectivity index (χ4v) is 9.76. The summed E-state index contributed by atoms with van der Waals surface area (Å²) in [6, 6.07) is 21.1. The van der Waals surface area contributed by atoms with Gasteiger partial charge in [-0.05, 0) is 48.8 Å². The summed E-state index contributed by atoms with van der Waals surface area (Å²) >= 11 is 0. The Balaban J connectivity index is 1.33. The molecule has 2 amide bonds. The normalized spacial score (nSPS) is 24.7. The molecule has 3 aromatic rings. The number of hydrogen-bond donors (Lipinski definition) is 1. The van der Waals surface area contributed by atoms with Crippen molar-refractivity contribution < 1.29 is 28.5 Å². The first-order valence-corrected chi connectivity index (χ1v) is 18.0. The van der Waals surface area contributed by atoms with E-state index in [0.717, 1.165) is 16.8 Å². The van der Waals surface area contributed by atoms with Crippen LogP contribution in [0, 0.1) is 16.0 Å². The van der Waals surface area contributed by atoms with Gasteiger partial charge in [-0.1, -0.05) is 49.4 Å². The first-order valence-electron chi connectivity index (χ1n) is 15.1. The number of carbonyl (C=O) groups excluding carboxylic acids is 2. The molecule has 3 aliphatic rings. The van der Waals surface area contributed by atoms with Crippen LogP contribution in [0.1, 0.15) is 42.9 Å². The molecular weight excluding hydrogens is 595 g/mol. The molecule has 6 rings (SSSR count). The third-order valence-corrected chi connectivity index (χ3v) is 11.7. The zero-order valence-electron chi connectivity index (χ0n) is 25.4. The summed E-state index contributed by atoms with van der Waals surface area (Å²) in [5.41, 5.74) is 1.51. The third kappa shape index (κ3) is 5.26. The molecule has 1 N–H and O–H groups in total. The SMILES string of the molecule is C[C@H]1[C@H]([Si](C)(C)F)[C@@H](CCO)O[C@]12C(=O)N(Cc1ccc(N3N=C(c4ccccc4)CCC3=O)cc1)c1ccc([N+](=O)[O-])cc12. The van der Waals surface area contributed by atoms with Crippen molar-refractivity contribution in [1.29, 1.82) is 0 Å². The van der Waals surface area contributed by atoms with Crippen molar-refractivity contribution in [3.8, 4) is 0 Å². The van der Waals surface area contributed by atoms with E-state index in [1.54, 1.807) is 38.2 Å². The zero-order chi connectivity index (χ0) is 32.1. The molecule has 0 bridgehead atoms. The number of carbonyl (C=O) groups is 2. The number of aliphatic hydroxyl groups is 1. The Morgan fingerprint density at radius 3 is 2.44 bits per heavy atom. The molecule has 0 aliphatic carbocycles. The van der Waals surface area contributed by atoms with Crippen LogP contribution >= 0.6 is 0 Å². The molecular formula is C33H35FN4O6Si. The number of nitrogens with zero attached hydrogens (tertiary/aromatic N) is 4. The van der Waals surface area contributed by atoms with Crippen LogP contribution in [-0.4, -0.2) is 48.7 Å². The Hall–Kier alpha value is -4.26. The van der Waals surface area contributed by atoms with E-state index in [1.807, 2.05) is 42.5 Å². The van der Waals surface area contributed by atoms with E-state index in [9.17, 15) is 24.8 Å². The van der Waals surface area contributed by atoms with Gasteiger partial charge in [0.05, 0.1) is 34.7 Å².